The van der Waals surface area contributed by atoms with E-state index < -0.39 is 11.6 Å². The van der Waals surface area contributed by atoms with Gasteiger partial charge in [-0.2, -0.15) is 0 Å². The number of hydrogen-bond acceptors (Lipinski definition) is 3. The molecule has 7 heteroatoms. The third kappa shape index (κ3) is 2.86. The van der Waals surface area contributed by atoms with Gasteiger partial charge in [-0.15, -0.1) is 0 Å². The quantitative estimate of drug-likeness (QED) is 0.544. The maximum absolute atomic E-state index is 14.3. The summed E-state index contributed by atoms with van der Waals surface area (Å²) in [6.45, 7) is 0.764. The number of aryl methyl sites for hydroxylation is 1. The number of halogens is 2. The van der Waals surface area contributed by atoms with Gasteiger partial charge in [0.25, 0.3) is 0 Å². The Balaban J connectivity index is 1.73. The monoisotopic (exact) mass is 392 g/mol. The molecule has 1 N–H and O–H groups in total. The highest BCUT2D eigenvalue weighted by molar-refractivity contribution is 5.93. The number of ether oxygens (including phenoxy) is 1. The molecule has 1 aliphatic rings. The molecule has 0 saturated carbocycles. The van der Waals surface area contributed by atoms with Gasteiger partial charge in [0.15, 0.2) is 17.3 Å². The standard InChI is InChI=1S/C22H18F2N4O/c1-27-10-16(14-7-8-25-18(14)11-27)15-4-5-19-21(26-12-28(19)2)22(15)29-20-6-3-13(23)9-17(20)24/h3-10,12,25H,11H2,1-2H3. The second-order valence-corrected chi connectivity index (χ2v) is 7.17. The highest BCUT2D eigenvalue weighted by Crippen LogP contribution is 2.41. The van der Waals surface area contributed by atoms with Crippen molar-refractivity contribution in [2.75, 3.05) is 7.05 Å². The smallest absolute Gasteiger partial charge is 0.168 e. The largest absolute Gasteiger partial charge is 0.451 e. The number of imidazole rings is 1. The van der Waals surface area contributed by atoms with Crippen molar-refractivity contribution < 1.29 is 13.5 Å². The van der Waals surface area contributed by atoms with Crippen molar-refractivity contribution in [1.29, 1.82) is 0 Å². The Labute approximate surface area is 165 Å². The zero-order valence-corrected chi connectivity index (χ0v) is 15.9. The van der Waals surface area contributed by atoms with E-state index in [1.807, 2.05) is 49.3 Å². The first-order valence-electron chi connectivity index (χ1n) is 9.17. The molecular weight excluding hydrogens is 374 g/mol. The molecule has 0 atom stereocenters. The van der Waals surface area contributed by atoms with Gasteiger partial charge in [0.1, 0.15) is 11.3 Å². The number of nitrogens with one attached hydrogen (secondary N) is 1. The van der Waals surface area contributed by atoms with Crippen LogP contribution in [0.1, 0.15) is 16.8 Å². The maximum atomic E-state index is 14.3. The van der Waals surface area contributed by atoms with E-state index in [-0.39, 0.29) is 5.75 Å². The van der Waals surface area contributed by atoms with Crippen LogP contribution in [0.25, 0.3) is 16.6 Å². The van der Waals surface area contributed by atoms with Crippen molar-refractivity contribution in [3.05, 3.63) is 83.6 Å². The van der Waals surface area contributed by atoms with Crippen LogP contribution in [0.15, 0.2) is 55.1 Å². The second kappa shape index (κ2) is 6.48. The summed E-state index contributed by atoms with van der Waals surface area (Å²) in [6, 6.07) is 9.20. The maximum Gasteiger partial charge on any atom is 0.168 e. The fraction of sp³-hybridized carbons (Fsp3) is 0.136. The number of nitrogens with zero attached hydrogens (tertiary/aromatic N) is 3. The van der Waals surface area contributed by atoms with Crippen LogP contribution < -0.4 is 4.74 Å². The van der Waals surface area contributed by atoms with Crippen LogP contribution in [-0.4, -0.2) is 26.5 Å². The highest BCUT2D eigenvalue weighted by Gasteiger charge is 2.24. The number of fused-ring (bicyclic) bond motifs is 2. The first-order valence-corrected chi connectivity index (χ1v) is 9.17. The van der Waals surface area contributed by atoms with E-state index in [4.69, 9.17) is 4.74 Å². The predicted molar refractivity (Wildman–Crippen MR) is 106 cm³/mol. The lowest BCUT2D eigenvalue weighted by atomic mass is 9.95. The molecule has 29 heavy (non-hydrogen) atoms. The van der Waals surface area contributed by atoms with Gasteiger partial charge in [0, 0.05) is 55.0 Å². The second-order valence-electron chi connectivity index (χ2n) is 7.17. The zero-order valence-electron chi connectivity index (χ0n) is 15.9. The van der Waals surface area contributed by atoms with Crippen molar-refractivity contribution in [1.82, 2.24) is 19.4 Å². The van der Waals surface area contributed by atoms with E-state index in [2.05, 4.69) is 14.9 Å². The number of aromatic amines is 1. The average Bonchev–Trinajstić information content (AvgIpc) is 3.30. The van der Waals surface area contributed by atoms with E-state index >= 15 is 0 Å². The number of hydrogen-bond donors (Lipinski definition) is 1. The lowest BCUT2D eigenvalue weighted by molar-refractivity contribution is 0.434. The first-order chi connectivity index (χ1) is 14.0. The van der Waals surface area contributed by atoms with Crippen molar-refractivity contribution >= 4 is 16.6 Å². The molecule has 2 aromatic carbocycles. The topological polar surface area (TPSA) is 46.1 Å². The molecule has 5 rings (SSSR count). The summed E-state index contributed by atoms with van der Waals surface area (Å²) < 4.78 is 35.6. The first kappa shape index (κ1) is 17.5. The fourth-order valence-electron chi connectivity index (χ4n) is 3.75. The van der Waals surface area contributed by atoms with Gasteiger partial charge in [-0.1, -0.05) is 0 Å². The van der Waals surface area contributed by atoms with Crippen molar-refractivity contribution in [3.8, 4) is 11.5 Å². The molecule has 0 saturated heterocycles. The summed E-state index contributed by atoms with van der Waals surface area (Å²) in [5, 5.41) is 0. The van der Waals surface area contributed by atoms with Crippen molar-refractivity contribution in [3.63, 3.8) is 0 Å². The lowest BCUT2D eigenvalue weighted by Crippen LogP contribution is -2.17. The molecule has 0 fully saturated rings. The fourth-order valence-corrected chi connectivity index (χ4v) is 3.75. The molecule has 5 nitrogen and oxygen atoms in total. The van der Waals surface area contributed by atoms with Gasteiger partial charge in [-0.3, -0.25) is 0 Å². The zero-order chi connectivity index (χ0) is 20.1. The normalized spacial score (nSPS) is 13.5. The lowest BCUT2D eigenvalue weighted by Gasteiger charge is -2.24. The number of benzene rings is 2. The van der Waals surface area contributed by atoms with Crippen LogP contribution in [-0.2, 0) is 13.6 Å². The van der Waals surface area contributed by atoms with Crippen LogP contribution in [0.3, 0.4) is 0 Å². The van der Waals surface area contributed by atoms with Gasteiger partial charge in [-0.25, -0.2) is 13.8 Å². The summed E-state index contributed by atoms with van der Waals surface area (Å²) >= 11 is 0. The summed E-state index contributed by atoms with van der Waals surface area (Å²) in [5.74, 6) is -1.03. The van der Waals surface area contributed by atoms with Gasteiger partial charge in [0.2, 0.25) is 0 Å². The Bertz CT molecular complexity index is 1270. The Kier molecular flexibility index (Phi) is 3.91. The summed E-state index contributed by atoms with van der Waals surface area (Å²) in [7, 11) is 3.87. The van der Waals surface area contributed by atoms with Crippen LogP contribution >= 0.6 is 0 Å². The summed E-state index contributed by atoms with van der Waals surface area (Å²) in [5.41, 5.74) is 5.34. The van der Waals surface area contributed by atoms with Crippen LogP contribution in [0.5, 0.6) is 11.5 Å². The molecule has 0 spiro atoms. The Morgan fingerprint density at radius 1 is 1.07 bits per heavy atom. The minimum absolute atomic E-state index is 0.0511. The molecule has 0 bridgehead atoms. The Morgan fingerprint density at radius 3 is 2.76 bits per heavy atom. The molecule has 0 radical (unpaired) electrons. The third-order valence-corrected chi connectivity index (χ3v) is 5.13. The van der Waals surface area contributed by atoms with E-state index in [0.717, 1.165) is 40.5 Å². The Morgan fingerprint density at radius 2 is 1.93 bits per heavy atom. The molecule has 1 aliphatic heterocycles. The van der Waals surface area contributed by atoms with Gasteiger partial charge in [0.05, 0.1) is 18.4 Å². The number of rotatable bonds is 3. The summed E-state index contributed by atoms with van der Waals surface area (Å²) in [6.07, 6.45) is 5.62. The number of H-pyrrole nitrogens is 1. The minimum atomic E-state index is -0.763. The molecule has 0 amide bonds. The molecular formula is C22H18F2N4O. The third-order valence-electron chi connectivity index (χ3n) is 5.13. The van der Waals surface area contributed by atoms with Crippen molar-refractivity contribution in [2.45, 2.75) is 6.54 Å². The van der Waals surface area contributed by atoms with Crippen molar-refractivity contribution in [2.24, 2.45) is 7.05 Å². The van der Waals surface area contributed by atoms with Crippen LogP contribution in [0, 0.1) is 11.6 Å². The average molecular weight is 392 g/mol. The van der Waals surface area contributed by atoms with Crippen LogP contribution in [0.2, 0.25) is 0 Å². The Hall–Kier alpha value is -3.61. The van der Waals surface area contributed by atoms with Crippen LogP contribution in [0.4, 0.5) is 8.78 Å². The molecule has 0 unspecified atom stereocenters. The molecule has 0 aliphatic carbocycles. The van der Waals surface area contributed by atoms with E-state index in [1.54, 1.807) is 6.33 Å². The predicted octanol–water partition coefficient (Wildman–Crippen LogP) is 4.81. The van der Waals surface area contributed by atoms with Gasteiger partial charge < -0.3 is 19.2 Å². The highest BCUT2D eigenvalue weighted by atomic mass is 19.1. The number of aromatic nitrogens is 3. The molecule has 146 valence electrons. The minimum Gasteiger partial charge on any atom is -0.451 e. The molecule has 3 heterocycles. The molecule has 2 aromatic heterocycles. The SMILES string of the molecule is CN1C=C(c2ccc3c(ncn3C)c2Oc2ccc(F)cc2F)c2cc[nH]c2C1. The van der Waals surface area contributed by atoms with E-state index in [1.165, 1.54) is 12.1 Å². The van der Waals surface area contributed by atoms with E-state index in [9.17, 15) is 8.78 Å². The summed E-state index contributed by atoms with van der Waals surface area (Å²) in [4.78, 5) is 9.81. The van der Waals surface area contributed by atoms with Gasteiger partial charge >= 0.3 is 0 Å². The molecule has 4 aromatic rings. The van der Waals surface area contributed by atoms with Gasteiger partial charge in [-0.05, 0) is 30.3 Å². The van der Waals surface area contributed by atoms with E-state index in [0.29, 0.717) is 11.3 Å².